The quantitative estimate of drug-likeness (QED) is 0.711. The molecular weight excluding hydrogens is 308 g/mol. The number of unbranched alkanes of at least 4 members (excludes halogenated alkanes) is 1. The average Bonchev–Trinajstić information content (AvgIpc) is 2.41. The number of rotatable bonds is 8. The Bertz CT molecular complexity index is 418. The van der Waals surface area contributed by atoms with E-state index in [2.05, 4.69) is 29.8 Å². The van der Waals surface area contributed by atoms with Crippen molar-refractivity contribution in [3.63, 3.8) is 0 Å². The van der Waals surface area contributed by atoms with Crippen molar-refractivity contribution < 1.29 is 14.6 Å². The van der Waals surface area contributed by atoms with E-state index in [1.54, 1.807) is 6.07 Å². The molecule has 0 radical (unpaired) electrons. The number of halogens is 1. The molecule has 1 N–H and O–H groups in total. The first-order valence-electron chi connectivity index (χ1n) is 6.72. The molecule has 1 unspecified atom stereocenters. The Morgan fingerprint density at radius 1 is 1.42 bits per heavy atom. The summed E-state index contributed by atoms with van der Waals surface area (Å²) < 4.78 is 6.44. The van der Waals surface area contributed by atoms with Crippen LogP contribution in [0.5, 0.6) is 11.5 Å². The van der Waals surface area contributed by atoms with Gasteiger partial charge >= 0.3 is 0 Å². The first-order chi connectivity index (χ1) is 9.12. The molecule has 106 valence electrons. The summed E-state index contributed by atoms with van der Waals surface area (Å²) in [7, 11) is 0. The monoisotopic (exact) mass is 328 g/mol. The molecule has 0 bridgehead atoms. The van der Waals surface area contributed by atoms with Crippen LogP contribution in [0.2, 0.25) is 0 Å². The predicted molar refractivity (Wildman–Crippen MR) is 80.0 cm³/mol. The van der Waals surface area contributed by atoms with Gasteiger partial charge in [0.15, 0.2) is 6.29 Å². The Hall–Kier alpha value is -1.03. The van der Waals surface area contributed by atoms with Crippen LogP contribution in [-0.2, 0) is 0 Å². The summed E-state index contributed by atoms with van der Waals surface area (Å²) in [5.74, 6) is 1.10. The highest BCUT2D eigenvalue weighted by Crippen LogP contribution is 2.32. The van der Waals surface area contributed by atoms with E-state index in [9.17, 15) is 9.90 Å². The van der Waals surface area contributed by atoms with Gasteiger partial charge < -0.3 is 9.84 Å². The standard InChI is InChI=1S/C15H21BrO3/c1-3-5-6-11(4-2)10-19-15-7-12(9-17)14(18)8-13(15)16/h7-9,11,18H,3-6,10H2,1-2H3. The van der Waals surface area contributed by atoms with Gasteiger partial charge in [-0.25, -0.2) is 0 Å². The smallest absolute Gasteiger partial charge is 0.153 e. The van der Waals surface area contributed by atoms with Gasteiger partial charge in [-0.2, -0.15) is 0 Å². The van der Waals surface area contributed by atoms with Gasteiger partial charge in [-0.05, 0) is 40.4 Å². The van der Waals surface area contributed by atoms with Crippen LogP contribution in [0.4, 0.5) is 0 Å². The first kappa shape index (κ1) is 16.0. The molecule has 0 saturated heterocycles. The second-order valence-electron chi connectivity index (χ2n) is 4.69. The van der Waals surface area contributed by atoms with Crippen LogP contribution in [0.1, 0.15) is 49.9 Å². The van der Waals surface area contributed by atoms with Gasteiger partial charge in [0, 0.05) is 0 Å². The van der Waals surface area contributed by atoms with E-state index in [0.29, 0.717) is 29.0 Å². The van der Waals surface area contributed by atoms with E-state index < -0.39 is 0 Å². The van der Waals surface area contributed by atoms with Crippen LogP contribution in [-0.4, -0.2) is 18.0 Å². The molecule has 0 aliphatic heterocycles. The number of hydrogen-bond acceptors (Lipinski definition) is 3. The van der Waals surface area contributed by atoms with Gasteiger partial charge in [0.05, 0.1) is 16.6 Å². The second-order valence-corrected chi connectivity index (χ2v) is 5.54. The summed E-state index contributed by atoms with van der Waals surface area (Å²) in [4.78, 5) is 10.8. The number of hydrogen-bond donors (Lipinski definition) is 1. The lowest BCUT2D eigenvalue weighted by atomic mass is 10.0. The van der Waals surface area contributed by atoms with Crippen molar-refractivity contribution in [2.75, 3.05) is 6.61 Å². The molecule has 0 heterocycles. The zero-order valence-electron chi connectivity index (χ0n) is 11.5. The Morgan fingerprint density at radius 2 is 2.16 bits per heavy atom. The molecular formula is C15H21BrO3. The predicted octanol–water partition coefficient (Wildman–Crippen LogP) is 4.56. The normalized spacial score (nSPS) is 12.2. The summed E-state index contributed by atoms with van der Waals surface area (Å²) >= 11 is 3.33. The summed E-state index contributed by atoms with van der Waals surface area (Å²) in [6, 6.07) is 3.06. The average molecular weight is 329 g/mol. The van der Waals surface area contributed by atoms with Crippen molar-refractivity contribution in [1.29, 1.82) is 0 Å². The number of aldehydes is 1. The van der Waals surface area contributed by atoms with E-state index in [1.807, 2.05) is 0 Å². The molecule has 0 fully saturated rings. The zero-order chi connectivity index (χ0) is 14.3. The van der Waals surface area contributed by atoms with Crippen LogP contribution in [0.25, 0.3) is 0 Å². The number of carbonyl (C=O) groups excluding carboxylic acids is 1. The lowest BCUT2D eigenvalue weighted by Crippen LogP contribution is -2.11. The highest BCUT2D eigenvalue weighted by molar-refractivity contribution is 9.10. The fourth-order valence-corrected chi connectivity index (χ4v) is 2.32. The van der Waals surface area contributed by atoms with E-state index >= 15 is 0 Å². The van der Waals surface area contributed by atoms with Gasteiger partial charge in [0.2, 0.25) is 0 Å². The molecule has 19 heavy (non-hydrogen) atoms. The van der Waals surface area contributed by atoms with Crippen LogP contribution in [0.15, 0.2) is 16.6 Å². The topological polar surface area (TPSA) is 46.5 Å². The van der Waals surface area contributed by atoms with Crippen LogP contribution >= 0.6 is 15.9 Å². The van der Waals surface area contributed by atoms with E-state index in [1.165, 1.54) is 18.9 Å². The lowest BCUT2D eigenvalue weighted by molar-refractivity contribution is 0.112. The number of ether oxygens (including phenoxy) is 1. The molecule has 0 aliphatic rings. The van der Waals surface area contributed by atoms with Crippen molar-refractivity contribution in [2.24, 2.45) is 5.92 Å². The highest BCUT2D eigenvalue weighted by atomic mass is 79.9. The maximum atomic E-state index is 10.8. The molecule has 0 aliphatic carbocycles. The van der Waals surface area contributed by atoms with Crippen LogP contribution in [0, 0.1) is 5.92 Å². The van der Waals surface area contributed by atoms with Crippen molar-refractivity contribution in [2.45, 2.75) is 39.5 Å². The maximum absolute atomic E-state index is 10.8. The van der Waals surface area contributed by atoms with Gasteiger partial charge in [-0.1, -0.05) is 33.1 Å². The van der Waals surface area contributed by atoms with Crippen LogP contribution < -0.4 is 4.74 Å². The Morgan fingerprint density at radius 3 is 2.74 bits per heavy atom. The van der Waals surface area contributed by atoms with Crippen LogP contribution in [0.3, 0.4) is 0 Å². The SMILES string of the molecule is CCCCC(CC)COc1cc(C=O)c(O)cc1Br. The molecule has 0 amide bonds. The zero-order valence-corrected chi connectivity index (χ0v) is 13.1. The Kier molecular flexibility index (Phi) is 6.92. The number of benzene rings is 1. The summed E-state index contributed by atoms with van der Waals surface area (Å²) in [5.41, 5.74) is 0.250. The third kappa shape index (κ3) is 4.86. The molecule has 1 atom stereocenters. The highest BCUT2D eigenvalue weighted by Gasteiger charge is 2.11. The minimum absolute atomic E-state index is 0.0350. The third-order valence-electron chi connectivity index (χ3n) is 3.23. The molecule has 1 rings (SSSR count). The van der Waals surface area contributed by atoms with Gasteiger partial charge in [-0.3, -0.25) is 4.79 Å². The number of aromatic hydroxyl groups is 1. The molecule has 3 nitrogen and oxygen atoms in total. The number of phenolic OH excluding ortho intramolecular Hbond substituents is 1. The number of phenols is 1. The Balaban J connectivity index is 2.68. The van der Waals surface area contributed by atoms with Crippen molar-refractivity contribution in [3.8, 4) is 11.5 Å². The maximum Gasteiger partial charge on any atom is 0.153 e. The van der Waals surface area contributed by atoms with Crippen molar-refractivity contribution >= 4 is 22.2 Å². The van der Waals surface area contributed by atoms with Gasteiger partial charge in [0.1, 0.15) is 11.5 Å². The lowest BCUT2D eigenvalue weighted by Gasteiger charge is -2.16. The van der Waals surface area contributed by atoms with Crippen molar-refractivity contribution in [3.05, 3.63) is 22.2 Å². The van der Waals surface area contributed by atoms with Crippen molar-refractivity contribution in [1.82, 2.24) is 0 Å². The number of carbonyl (C=O) groups is 1. The van der Waals surface area contributed by atoms with E-state index in [0.717, 1.165) is 12.8 Å². The van der Waals surface area contributed by atoms with E-state index in [4.69, 9.17) is 4.74 Å². The fraction of sp³-hybridized carbons (Fsp3) is 0.533. The van der Waals surface area contributed by atoms with E-state index in [-0.39, 0.29) is 11.3 Å². The molecule has 0 aromatic heterocycles. The second kappa shape index (κ2) is 8.20. The summed E-state index contributed by atoms with van der Waals surface area (Å²) in [6.07, 6.45) is 5.26. The molecule has 0 spiro atoms. The Labute approximate surface area is 123 Å². The fourth-order valence-electron chi connectivity index (χ4n) is 1.87. The minimum atomic E-state index is -0.0350. The first-order valence-corrected chi connectivity index (χ1v) is 7.52. The third-order valence-corrected chi connectivity index (χ3v) is 3.85. The molecule has 1 aromatic carbocycles. The van der Waals surface area contributed by atoms with Gasteiger partial charge in [0.25, 0.3) is 0 Å². The molecule has 4 heteroatoms. The van der Waals surface area contributed by atoms with Gasteiger partial charge in [-0.15, -0.1) is 0 Å². The largest absolute Gasteiger partial charge is 0.507 e. The molecule has 0 saturated carbocycles. The minimum Gasteiger partial charge on any atom is -0.507 e. The summed E-state index contributed by atoms with van der Waals surface area (Å²) in [6.45, 7) is 4.98. The molecule has 1 aromatic rings. The summed E-state index contributed by atoms with van der Waals surface area (Å²) in [5, 5.41) is 9.54.